The number of rotatable bonds is 5. The quantitative estimate of drug-likeness (QED) is 0.535. The molecule has 0 atom stereocenters. The minimum atomic E-state index is -0.346. The summed E-state index contributed by atoms with van der Waals surface area (Å²) in [6, 6.07) is 16.2. The highest BCUT2D eigenvalue weighted by Gasteiger charge is 2.32. The van der Waals surface area contributed by atoms with Crippen LogP contribution in [0.1, 0.15) is 30.0 Å². The molecule has 1 saturated heterocycles. The third-order valence-corrected chi connectivity index (χ3v) is 5.00. The van der Waals surface area contributed by atoms with Crippen molar-refractivity contribution < 1.29 is 9.59 Å². The molecule has 3 aromatic rings. The molecule has 5 heteroatoms. The van der Waals surface area contributed by atoms with Crippen LogP contribution in [-0.4, -0.2) is 28.0 Å². The zero-order valence-corrected chi connectivity index (χ0v) is 16.1. The number of imide groups is 1. The normalized spacial score (nSPS) is 15.6. The molecular weight excluding hydrogens is 350 g/mol. The minimum absolute atomic E-state index is 0.262. The van der Waals surface area contributed by atoms with Gasteiger partial charge in [-0.25, -0.2) is 4.79 Å². The number of para-hydroxylation sites is 1. The summed E-state index contributed by atoms with van der Waals surface area (Å²) in [6.07, 6.45) is 4.56. The van der Waals surface area contributed by atoms with Gasteiger partial charge in [-0.15, -0.1) is 0 Å². The van der Waals surface area contributed by atoms with E-state index in [-0.39, 0.29) is 11.9 Å². The Hall–Kier alpha value is -3.34. The Balaban J connectivity index is 1.71. The second kappa shape index (κ2) is 7.35. The summed E-state index contributed by atoms with van der Waals surface area (Å²) in [5.41, 5.74) is 4.79. The second-order valence-corrected chi connectivity index (χ2v) is 7.16. The first kappa shape index (κ1) is 18.0. The number of carbonyl (C=O) groups excluding carboxylic acids is 2. The van der Waals surface area contributed by atoms with Crippen LogP contribution >= 0.6 is 0 Å². The zero-order valence-electron chi connectivity index (χ0n) is 16.1. The van der Waals surface area contributed by atoms with Gasteiger partial charge in [-0.1, -0.05) is 55.0 Å². The highest BCUT2D eigenvalue weighted by molar-refractivity contribution is 6.14. The molecule has 4 rings (SSSR count). The molecule has 3 amide bonds. The number of hydrogen-bond acceptors (Lipinski definition) is 2. The number of nitrogens with zero attached hydrogens (tertiary/aromatic N) is 2. The lowest BCUT2D eigenvalue weighted by Crippen LogP contribution is -2.31. The molecule has 0 unspecified atom stereocenters. The van der Waals surface area contributed by atoms with Gasteiger partial charge in [-0.3, -0.25) is 9.69 Å². The molecule has 1 N–H and O–H groups in total. The summed E-state index contributed by atoms with van der Waals surface area (Å²) in [4.78, 5) is 25.9. The van der Waals surface area contributed by atoms with Crippen LogP contribution in [-0.2, 0) is 11.3 Å². The lowest BCUT2D eigenvalue weighted by molar-refractivity contribution is -0.122. The van der Waals surface area contributed by atoms with E-state index in [1.54, 1.807) is 6.08 Å². The van der Waals surface area contributed by atoms with Gasteiger partial charge in [0.25, 0.3) is 5.91 Å². The molecule has 1 aromatic heterocycles. The fourth-order valence-electron chi connectivity index (χ4n) is 3.56. The molecule has 0 saturated carbocycles. The topological polar surface area (TPSA) is 54.3 Å². The van der Waals surface area contributed by atoms with Gasteiger partial charge in [-0.2, -0.15) is 0 Å². The molecule has 0 radical (unpaired) electrons. The largest absolute Gasteiger partial charge is 0.342 e. The minimum Gasteiger partial charge on any atom is -0.342 e. The van der Waals surface area contributed by atoms with Gasteiger partial charge in [0.2, 0.25) is 0 Å². The maximum Gasteiger partial charge on any atom is 0.329 e. The second-order valence-electron chi connectivity index (χ2n) is 7.16. The van der Waals surface area contributed by atoms with E-state index in [0.29, 0.717) is 12.2 Å². The van der Waals surface area contributed by atoms with Crippen molar-refractivity contribution in [2.75, 3.05) is 6.54 Å². The van der Waals surface area contributed by atoms with Crippen molar-refractivity contribution in [3.63, 3.8) is 0 Å². The Morgan fingerprint density at radius 2 is 1.79 bits per heavy atom. The number of benzene rings is 2. The molecule has 142 valence electrons. The van der Waals surface area contributed by atoms with E-state index >= 15 is 0 Å². The molecule has 1 aliphatic rings. The van der Waals surface area contributed by atoms with Crippen molar-refractivity contribution in [3.05, 3.63) is 77.1 Å². The SMILES string of the molecule is CCCN1C(=O)N/C(=C/c2cn(Cc3ccc(C)cc3)c3ccccc23)C1=O. The van der Waals surface area contributed by atoms with Crippen LogP contribution in [0, 0.1) is 6.92 Å². The number of amides is 3. The fourth-order valence-corrected chi connectivity index (χ4v) is 3.56. The third-order valence-electron chi connectivity index (χ3n) is 5.00. The van der Waals surface area contributed by atoms with Gasteiger partial charge in [0.05, 0.1) is 0 Å². The van der Waals surface area contributed by atoms with Crippen LogP contribution in [0.4, 0.5) is 4.79 Å². The molecule has 1 fully saturated rings. The average molecular weight is 373 g/mol. The first-order valence-electron chi connectivity index (χ1n) is 9.55. The lowest BCUT2D eigenvalue weighted by Gasteiger charge is -2.08. The van der Waals surface area contributed by atoms with Gasteiger partial charge in [0.15, 0.2) is 0 Å². The Kier molecular flexibility index (Phi) is 4.74. The van der Waals surface area contributed by atoms with E-state index < -0.39 is 0 Å². The van der Waals surface area contributed by atoms with Crippen LogP contribution in [0.15, 0.2) is 60.4 Å². The molecule has 0 spiro atoms. The van der Waals surface area contributed by atoms with Gasteiger partial charge in [-0.05, 0) is 31.1 Å². The highest BCUT2D eigenvalue weighted by atomic mass is 16.2. The van der Waals surface area contributed by atoms with E-state index in [0.717, 1.165) is 29.4 Å². The van der Waals surface area contributed by atoms with E-state index in [1.807, 2.05) is 31.3 Å². The molecule has 1 aliphatic heterocycles. The summed E-state index contributed by atoms with van der Waals surface area (Å²) in [6.45, 7) is 5.19. The molecule has 0 aliphatic carbocycles. The Bertz CT molecular complexity index is 1080. The summed E-state index contributed by atoms with van der Waals surface area (Å²) < 4.78 is 2.18. The van der Waals surface area contributed by atoms with Crippen molar-refractivity contribution in [2.45, 2.75) is 26.8 Å². The van der Waals surface area contributed by atoms with Crippen molar-refractivity contribution in [1.82, 2.24) is 14.8 Å². The third kappa shape index (κ3) is 3.31. The van der Waals surface area contributed by atoms with Crippen molar-refractivity contribution >= 4 is 28.9 Å². The zero-order chi connectivity index (χ0) is 19.7. The van der Waals surface area contributed by atoms with E-state index in [9.17, 15) is 9.59 Å². The Morgan fingerprint density at radius 3 is 2.54 bits per heavy atom. The number of carbonyl (C=O) groups is 2. The summed E-state index contributed by atoms with van der Waals surface area (Å²) in [5, 5.41) is 3.76. The summed E-state index contributed by atoms with van der Waals surface area (Å²) >= 11 is 0. The Labute approximate surface area is 164 Å². The fraction of sp³-hybridized carbons (Fsp3) is 0.217. The summed E-state index contributed by atoms with van der Waals surface area (Å²) in [7, 11) is 0. The van der Waals surface area contributed by atoms with Gasteiger partial charge < -0.3 is 9.88 Å². The molecule has 28 heavy (non-hydrogen) atoms. The van der Waals surface area contributed by atoms with Gasteiger partial charge in [0, 0.05) is 35.8 Å². The molecule has 2 heterocycles. The lowest BCUT2D eigenvalue weighted by atomic mass is 10.1. The predicted octanol–water partition coefficient (Wildman–Crippen LogP) is 4.30. The Morgan fingerprint density at radius 1 is 1.04 bits per heavy atom. The number of urea groups is 1. The van der Waals surface area contributed by atoms with Crippen molar-refractivity contribution in [1.29, 1.82) is 0 Å². The number of aryl methyl sites for hydroxylation is 1. The average Bonchev–Trinajstić information content (AvgIpc) is 3.17. The van der Waals surface area contributed by atoms with Crippen molar-refractivity contribution in [2.24, 2.45) is 0 Å². The maximum absolute atomic E-state index is 12.5. The van der Waals surface area contributed by atoms with E-state index in [2.05, 4.69) is 47.1 Å². The highest BCUT2D eigenvalue weighted by Crippen LogP contribution is 2.25. The predicted molar refractivity (Wildman–Crippen MR) is 111 cm³/mol. The number of fused-ring (bicyclic) bond motifs is 1. The molecule has 5 nitrogen and oxygen atoms in total. The van der Waals surface area contributed by atoms with E-state index in [4.69, 9.17) is 0 Å². The van der Waals surface area contributed by atoms with Crippen LogP contribution in [0.5, 0.6) is 0 Å². The standard InChI is InChI=1S/C23H23N3O2/c1-3-12-26-22(27)20(24-23(26)28)13-18-15-25(21-7-5-4-6-19(18)21)14-17-10-8-16(2)9-11-17/h4-11,13,15H,3,12,14H2,1-2H3,(H,24,28)/b20-13+. The number of hydrogen-bond donors (Lipinski definition) is 1. The smallest absolute Gasteiger partial charge is 0.329 e. The number of nitrogens with one attached hydrogen (secondary N) is 1. The summed E-state index contributed by atoms with van der Waals surface area (Å²) in [5.74, 6) is -0.262. The van der Waals surface area contributed by atoms with Crippen molar-refractivity contribution in [3.8, 4) is 0 Å². The van der Waals surface area contributed by atoms with Crippen LogP contribution in [0.2, 0.25) is 0 Å². The monoisotopic (exact) mass is 373 g/mol. The number of aromatic nitrogens is 1. The van der Waals surface area contributed by atoms with Crippen LogP contribution in [0.3, 0.4) is 0 Å². The van der Waals surface area contributed by atoms with E-state index in [1.165, 1.54) is 16.0 Å². The van der Waals surface area contributed by atoms with Gasteiger partial charge in [0.1, 0.15) is 5.70 Å². The molecule has 2 aromatic carbocycles. The van der Waals surface area contributed by atoms with Crippen LogP contribution < -0.4 is 5.32 Å². The first-order chi connectivity index (χ1) is 13.6. The van der Waals surface area contributed by atoms with Crippen LogP contribution in [0.25, 0.3) is 17.0 Å². The first-order valence-corrected chi connectivity index (χ1v) is 9.55. The maximum atomic E-state index is 12.5. The van der Waals surface area contributed by atoms with Gasteiger partial charge >= 0.3 is 6.03 Å². The molecule has 0 bridgehead atoms. The molecular formula is C23H23N3O2.